The summed E-state index contributed by atoms with van der Waals surface area (Å²) < 4.78 is 32.5. The third kappa shape index (κ3) is 35.8. The molecule has 3 atom stereocenters. The van der Waals surface area contributed by atoms with Gasteiger partial charge in [-0.05, 0) is 70.6 Å². The van der Waals surface area contributed by atoms with Crippen LogP contribution >= 0.6 is 7.82 Å². The minimum atomic E-state index is -4.63. The summed E-state index contributed by atoms with van der Waals surface area (Å²) >= 11 is 0. The molecule has 10 nitrogen and oxygen atoms in total. The molecule has 0 radical (unpaired) electrons. The minimum absolute atomic E-state index is 0.159. The Labute approximate surface area is 308 Å². The van der Waals surface area contributed by atoms with Crippen molar-refractivity contribution in [2.75, 3.05) is 26.4 Å². The summed E-state index contributed by atoms with van der Waals surface area (Å²) in [6, 6.07) is 0. The van der Waals surface area contributed by atoms with E-state index in [0.29, 0.717) is 19.3 Å². The minimum Gasteiger partial charge on any atom is -0.462 e. The lowest BCUT2D eigenvalue weighted by Crippen LogP contribution is -2.29. The number of allylic oxidation sites excluding steroid dienone is 10. The first kappa shape index (κ1) is 48.7. The van der Waals surface area contributed by atoms with E-state index in [9.17, 15) is 24.2 Å². The summed E-state index contributed by atoms with van der Waals surface area (Å²) in [6.45, 7) is 2.21. The van der Waals surface area contributed by atoms with Gasteiger partial charge in [-0.15, -0.1) is 0 Å². The molecule has 11 heteroatoms. The topological polar surface area (TPSA) is 149 Å². The van der Waals surface area contributed by atoms with Crippen molar-refractivity contribution in [3.63, 3.8) is 0 Å². The molecule has 0 aromatic carbocycles. The number of carbonyl (C=O) groups excluding carboxylic acids is 2. The normalized spacial score (nSPS) is 14.7. The van der Waals surface area contributed by atoms with Gasteiger partial charge in [-0.3, -0.25) is 18.6 Å². The molecular formula is C40H69O10P. The SMILES string of the molecule is CCCC/C=C\CCCCCCCC(=O)O[C@H](COC(=O)CCC/C=C\C/C=C\C/C=C\C/C=C\CCCCC)COP(=O)(O)OC[C@@H](O)CO. The Morgan fingerprint density at radius 3 is 1.67 bits per heavy atom. The molecule has 0 aromatic rings. The predicted molar refractivity (Wildman–Crippen MR) is 205 cm³/mol. The summed E-state index contributed by atoms with van der Waals surface area (Å²) in [5.41, 5.74) is 0. The van der Waals surface area contributed by atoms with Crippen LogP contribution in [0, 0.1) is 0 Å². The van der Waals surface area contributed by atoms with Crippen molar-refractivity contribution in [3.05, 3.63) is 60.8 Å². The molecule has 1 unspecified atom stereocenters. The Kier molecular flexibility index (Phi) is 34.4. The van der Waals surface area contributed by atoms with Crippen molar-refractivity contribution in [1.82, 2.24) is 0 Å². The number of ether oxygens (including phenoxy) is 2. The fraction of sp³-hybridized carbons (Fsp3) is 0.700. The van der Waals surface area contributed by atoms with Crippen molar-refractivity contribution in [1.29, 1.82) is 0 Å². The van der Waals surface area contributed by atoms with Gasteiger partial charge < -0.3 is 24.6 Å². The van der Waals surface area contributed by atoms with Crippen LogP contribution in [0.25, 0.3) is 0 Å². The third-order valence-electron chi connectivity index (χ3n) is 7.64. The van der Waals surface area contributed by atoms with E-state index in [1.165, 1.54) is 32.1 Å². The van der Waals surface area contributed by atoms with Crippen LogP contribution in [0.2, 0.25) is 0 Å². The first-order valence-electron chi connectivity index (χ1n) is 19.2. The lowest BCUT2D eigenvalue weighted by atomic mass is 10.1. The van der Waals surface area contributed by atoms with Crippen molar-refractivity contribution in [2.45, 2.75) is 154 Å². The number of hydrogen-bond acceptors (Lipinski definition) is 9. The van der Waals surface area contributed by atoms with Crippen LogP contribution < -0.4 is 0 Å². The van der Waals surface area contributed by atoms with Gasteiger partial charge in [-0.2, -0.15) is 0 Å². The van der Waals surface area contributed by atoms with Gasteiger partial charge >= 0.3 is 19.8 Å². The molecule has 294 valence electrons. The fourth-order valence-electron chi connectivity index (χ4n) is 4.61. The molecule has 0 amide bonds. The van der Waals surface area contributed by atoms with Crippen LogP contribution in [0.15, 0.2) is 60.8 Å². The van der Waals surface area contributed by atoms with Crippen molar-refractivity contribution >= 4 is 19.8 Å². The van der Waals surface area contributed by atoms with E-state index >= 15 is 0 Å². The number of phosphoric ester groups is 1. The summed E-state index contributed by atoms with van der Waals surface area (Å²) in [7, 11) is -4.63. The maximum Gasteiger partial charge on any atom is 0.472 e. The van der Waals surface area contributed by atoms with Gasteiger partial charge in [0.15, 0.2) is 6.10 Å². The van der Waals surface area contributed by atoms with Crippen LogP contribution in [0.4, 0.5) is 0 Å². The first-order valence-corrected chi connectivity index (χ1v) is 20.7. The second-order valence-electron chi connectivity index (χ2n) is 12.6. The maximum atomic E-state index is 12.5. The van der Waals surface area contributed by atoms with Crippen molar-refractivity contribution in [3.8, 4) is 0 Å². The van der Waals surface area contributed by atoms with E-state index in [-0.39, 0.29) is 19.4 Å². The predicted octanol–water partition coefficient (Wildman–Crippen LogP) is 9.55. The van der Waals surface area contributed by atoms with E-state index in [1.54, 1.807) is 0 Å². The highest BCUT2D eigenvalue weighted by Crippen LogP contribution is 2.43. The Morgan fingerprint density at radius 1 is 0.588 bits per heavy atom. The number of esters is 2. The fourth-order valence-corrected chi connectivity index (χ4v) is 5.40. The van der Waals surface area contributed by atoms with E-state index in [4.69, 9.17) is 19.1 Å². The second-order valence-corrected chi connectivity index (χ2v) is 14.0. The number of carbonyl (C=O) groups is 2. The highest BCUT2D eigenvalue weighted by molar-refractivity contribution is 7.47. The van der Waals surface area contributed by atoms with Crippen molar-refractivity contribution < 1.29 is 47.8 Å². The van der Waals surface area contributed by atoms with Gasteiger partial charge in [0.2, 0.25) is 0 Å². The molecule has 0 bridgehead atoms. The molecule has 0 saturated heterocycles. The van der Waals surface area contributed by atoms with Gasteiger partial charge in [0, 0.05) is 12.8 Å². The van der Waals surface area contributed by atoms with Crippen molar-refractivity contribution in [2.24, 2.45) is 0 Å². The summed E-state index contributed by atoms with van der Waals surface area (Å²) in [4.78, 5) is 34.8. The van der Waals surface area contributed by atoms with Gasteiger partial charge in [-0.25, -0.2) is 4.57 Å². The molecule has 0 heterocycles. The average Bonchev–Trinajstić information content (AvgIpc) is 3.12. The highest BCUT2D eigenvalue weighted by atomic mass is 31.2. The van der Waals surface area contributed by atoms with Gasteiger partial charge in [0.1, 0.15) is 12.7 Å². The monoisotopic (exact) mass is 740 g/mol. The van der Waals surface area contributed by atoms with E-state index in [2.05, 4.69) is 73.1 Å². The van der Waals surface area contributed by atoms with Gasteiger partial charge in [0.05, 0.1) is 19.8 Å². The molecule has 3 N–H and O–H groups in total. The van der Waals surface area contributed by atoms with Crippen LogP contribution in [-0.2, 0) is 32.7 Å². The van der Waals surface area contributed by atoms with Crippen LogP contribution in [0.1, 0.15) is 142 Å². The molecule has 0 aliphatic heterocycles. The Hall–Kier alpha value is -2.33. The Morgan fingerprint density at radius 2 is 1.06 bits per heavy atom. The summed E-state index contributed by atoms with van der Waals surface area (Å²) in [6.07, 6.45) is 37.7. The number of hydrogen-bond donors (Lipinski definition) is 3. The molecular weight excluding hydrogens is 671 g/mol. The Bertz CT molecular complexity index is 1040. The largest absolute Gasteiger partial charge is 0.472 e. The molecule has 0 fully saturated rings. The van der Waals surface area contributed by atoms with E-state index < -0.39 is 51.8 Å². The molecule has 51 heavy (non-hydrogen) atoms. The molecule has 0 aliphatic rings. The first-order chi connectivity index (χ1) is 24.7. The number of unbranched alkanes of at least 4 members (excludes halogenated alkanes) is 11. The molecule has 0 spiro atoms. The molecule has 0 rings (SSSR count). The van der Waals surface area contributed by atoms with Crippen LogP contribution in [0.5, 0.6) is 0 Å². The summed E-state index contributed by atoms with van der Waals surface area (Å²) in [5, 5.41) is 18.3. The van der Waals surface area contributed by atoms with Gasteiger partial charge in [-0.1, -0.05) is 120 Å². The zero-order valence-electron chi connectivity index (χ0n) is 31.5. The number of aliphatic hydroxyl groups excluding tert-OH is 2. The lowest BCUT2D eigenvalue weighted by molar-refractivity contribution is -0.161. The van der Waals surface area contributed by atoms with Crippen LogP contribution in [0.3, 0.4) is 0 Å². The number of phosphoric acid groups is 1. The van der Waals surface area contributed by atoms with Gasteiger partial charge in [0.25, 0.3) is 0 Å². The molecule has 0 saturated carbocycles. The third-order valence-corrected chi connectivity index (χ3v) is 8.60. The Balaban J connectivity index is 4.47. The quantitative estimate of drug-likeness (QED) is 0.0248. The maximum absolute atomic E-state index is 12.5. The highest BCUT2D eigenvalue weighted by Gasteiger charge is 2.27. The smallest absolute Gasteiger partial charge is 0.462 e. The van der Waals surface area contributed by atoms with E-state index in [1.807, 2.05) is 6.08 Å². The zero-order valence-corrected chi connectivity index (χ0v) is 32.4. The van der Waals surface area contributed by atoms with Crippen LogP contribution in [-0.4, -0.2) is 65.7 Å². The lowest BCUT2D eigenvalue weighted by Gasteiger charge is -2.20. The molecule has 0 aromatic heterocycles. The average molecular weight is 741 g/mol. The van der Waals surface area contributed by atoms with E-state index in [0.717, 1.165) is 64.2 Å². The zero-order chi connectivity index (χ0) is 37.7. The second kappa shape index (κ2) is 36.0. The standard InChI is InChI=1S/C40H69O10P/c1-3-5-7-9-11-13-15-16-17-18-19-20-22-23-25-27-29-31-39(43)47-35-38(36-49-51(45,46)48-34-37(42)33-41)50-40(44)32-30-28-26-24-21-14-12-10-8-6-4-2/h10-13,16-17,19-20,23,25,37-38,41-42H,3-9,14-15,18,21-22,24,26-36H2,1-2H3,(H,45,46)/b12-10-,13-11-,17-16-,20-19-,25-23-/t37-,38+/m0/s1. The summed E-state index contributed by atoms with van der Waals surface area (Å²) in [5.74, 6) is -1.01. The number of aliphatic hydroxyl groups is 2. The number of rotatable bonds is 35. The molecule has 0 aliphatic carbocycles.